The summed E-state index contributed by atoms with van der Waals surface area (Å²) >= 11 is 7.40. The first-order chi connectivity index (χ1) is 8.34. The molecular formula is C11H12ClN3OS. The molecule has 90 valence electrons. The molecule has 1 atom stereocenters. The summed E-state index contributed by atoms with van der Waals surface area (Å²) in [5, 5.41) is 4.07. The fraction of sp³-hybridized carbons (Fsp3) is 0.455. The molecule has 1 saturated heterocycles. The number of rotatable bonds is 3. The van der Waals surface area contributed by atoms with Crippen molar-refractivity contribution in [3.8, 4) is 0 Å². The minimum absolute atomic E-state index is 0.563. The molecule has 1 aliphatic heterocycles. The van der Waals surface area contributed by atoms with Gasteiger partial charge in [0.1, 0.15) is 11.0 Å². The SMILES string of the molecule is Clc1ccc2nsnc2c1NCC1CCOC1. The number of hydrogen-bond acceptors (Lipinski definition) is 5. The molecule has 1 aliphatic rings. The van der Waals surface area contributed by atoms with Gasteiger partial charge < -0.3 is 10.1 Å². The van der Waals surface area contributed by atoms with Gasteiger partial charge in [0.25, 0.3) is 0 Å². The van der Waals surface area contributed by atoms with Crippen molar-refractivity contribution >= 4 is 40.0 Å². The lowest BCUT2D eigenvalue weighted by molar-refractivity contribution is 0.187. The second-order valence-electron chi connectivity index (χ2n) is 4.16. The number of halogens is 1. The number of ether oxygens (including phenoxy) is 1. The number of fused-ring (bicyclic) bond motifs is 1. The summed E-state index contributed by atoms with van der Waals surface area (Å²) in [6.07, 6.45) is 1.11. The Labute approximate surface area is 108 Å². The van der Waals surface area contributed by atoms with Crippen LogP contribution < -0.4 is 5.32 Å². The van der Waals surface area contributed by atoms with Gasteiger partial charge in [-0.15, -0.1) is 0 Å². The van der Waals surface area contributed by atoms with E-state index in [2.05, 4.69) is 14.1 Å². The maximum atomic E-state index is 6.19. The van der Waals surface area contributed by atoms with Gasteiger partial charge >= 0.3 is 0 Å². The first-order valence-electron chi connectivity index (χ1n) is 5.57. The summed E-state index contributed by atoms with van der Waals surface area (Å²) in [4.78, 5) is 0. The molecule has 1 aromatic carbocycles. The second kappa shape index (κ2) is 4.76. The number of hydrogen-bond donors (Lipinski definition) is 1. The maximum absolute atomic E-state index is 6.19. The Morgan fingerprint density at radius 2 is 2.41 bits per heavy atom. The molecule has 1 fully saturated rings. The molecule has 0 radical (unpaired) electrons. The summed E-state index contributed by atoms with van der Waals surface area (Å²) in [6.45, 7) is 2.56. The van der Waals surface area contributed by atoms with Crippen molar-refractivity contribution in [3.05, 3.63) is 17.2 Å². The van der Waals surface area contributed by atoms with Crippen LogP contribution in [-0.4, -0.2) is 28.5 Å². The van der Waals surface area contributed by atoms with E-state index in [1.807, 2.05) is 12.1 Å². The van der Waals surface area contributed by atoms with Gasteiger partial charge in [-0.05, 0) is 18.6 Å². The zero-order chi connectivity index (χ0) is 11.7. The Morgan fingerprint density at radius 3 is 3.24 bits per heavy atom. The summed E-state index contributed by atoms with van der Waals surface area (Å²) in [7, 11) is 0. The monoisotopic (exact) mass is 269 g/mol. The summed E-state index contributed by atoms with van der Waals surface area (Å²) in [5.74, 6) is 0.563. The highest BCUT2D eigenvalue weighted by atomic mass is 35.5. The Bertz CT molecular complexity index is 524. The van der Waals surface area contributed by atoms with Crippen molar-refractivity contribution < 1.29 is 4.74 Å². The quantitative estimate of drug-likeness (QED) is 0.931. The van der Waals surface area contributed by atoms with Crippen molar-refractivity contribution in [3.63, 3.8) is 0 Å². The van der Waals surface area contributed by atoms with E-state index in [4.69, 9.17) is 16.3 Å². The molecule has 1 aromatic heterocycles. The van der Waals surface area contributed by atoms with Crippen molar-refractivity contribution in [1.29, 1.82) is 0 Å². The molecule has 4 nitrogen and oxygen atoms in total. The number of nitrogens with one attached hydrogen (secondary N) is 1. The Balaban J connectivity index is 1.82. The van der Waals surface area contributed by atoms with Gasteiger partial charge in [-0.25, -0.2) is 0 Å². The molecule has 1 N–H and O–H groups in total. The predicted molar refractivity (Wildman–Crippen MR) is 69.8 cm³/mol. The topological polar surface area (TPSA) is 47.0 Å². The van der Waals surface area contributed by atoms with Crippen molar-refractivity contribution in [2.75, 3.05) is 25.1 Å². The minimum Gasteiger partial charge on any atom is -0.382 e. The van der Waals surface area contributed by atoms with Crippen molar-refractivity contribution in [2.45, 2.75) is 6.42 Å². The van der Waals surface area contributed by atoms with Gasteiger partial charge in [0.15, 0.2) is 0 Å². The largest absolute Gasteiger partial charge is 0.382 e. The van der Waals surface area contributed by atoms with E-state index in [-0.39, 0.29) is 0 Å². The van der Waals surface area contributed by atoms with E-state index in [0.29, 0.717) is 10.9 Å². The molecule has 3 rings (SSSR count). The Kier molecular flexibility index (Phi) is 3.13. The molecule has 0 amide bonds. The van der Waals surface area contributed by atoms with Crippen LogP contribution >= 0.6 is 23.3 Å². The minimum atomic E-state index is 0.563. The van der Waals surface area contributed by atoms with Crippen LogP contribution in [0.4, 0.5) is 5.69 Å². The van der Waals surface area contributed by atoms with Gasteiger partial charge in [0.2, 0.25) is 0 Å². The van der Waals surface area contributed by atoms with Crippen LogP contribution in [0.1, 0.15) is 6.42 Å². The van der Waals surface area contributed by atoms with E-state index in [9.17, 15) is 0 Å². The molecule has 1 unspecified atom stereocenters. The molecular weight excluding hydrogens is 258 g/mol. The van der Waals surface area contributed by atoms with Crippen LogP contribution in [0.2, 0.25) is 5.02 Å². The fourth-order valence-corrected chi connectivity index (χ4v) is 2.75. The van der Waals surface area contributed by atoms with Crippen LogP contribution in [0.15, 0.2) is 12.1 Å². The third-order valence-electron chi connectivity index (χ3n) is 2.97. The zero-order valence-electron chi connectivity index (χ0n) is 9.15. The predicted octanol–water partition coefficient (Wildman–Crippen LogP) is 2.79. The number of aromatic nitrogens is 2. The smallest absolute Gasteiger partial charge is 0.129 e. The van der Waals surface area contributed by atoms with Crippen LogP contribution in [0.25, 0.3) is 11.0 Å². The number of benzene rings is 1. The van der Waals surface area contributed by atoms with Crippen LogP contribution in [0, 0.1) is 5.92 Å². The molecule has 2 heterocycles. The van der Waals surface area contributed by atoms with Gasteiger partial charge in [-0.1, -0.05) is 11.6 Å². The first kappa shape index (κ1) is 11.2. The van der Waals surface area contributed by atoms with E-state index in [0.717, 1.165) is 42.9 Å². The average molecular weight is 270 g/mol. The summed E-state index contributed by atoms with van der Waals surface area (Å²) in [6, 6.07) is 3.75. The lowest BCUT2D eigenvalue weighted by Gasteiger charge is -2.12. The Hall–Kier alpha value is -0.910. The summed E-state index contributed by atoms with van der Waals surface area (Å²) < 4.78 is 13.8. The van der Waals surface area contributed by atoms with E-state index >= 15 is 0 Å². The third kappa shape index (κ3) is 2.22. The van der Waals surface area contributed by atoms with Gasteiger partial charge in [-0.3, -0.25) is 0 Å². The van der Waals surface area contributed by atoms with E-state index < -0.39 is 0 Å². The third-order valence-corrected chi connectivity index (χ3v) is 3.83. The van der Waals surface area contributed by atoms with Crippen LogP contribution in [0.5, 0.6) is 0 Å². The first-order valence-corrected chi connectivity index (χ1v) is 6.68. The normalized spacial score (nSPS) is 19.9. The molecule has 2 aromatic rings. The average Bonchev–Trinajstić information content (AvgIpc) is 2.97. The van der Waals surface area contributed by atoms with Crippen LogP contribution in [0.3, 0.4) is 0 Å². The zero-order valence-corrected chi connectivity index (χ0v) is 10.7. The molecule has 0 saturated carbocycles. The van der Waals surface area contributed by atoms with Gasteiger partial charge in [0.05, 0.1) is 29.0 Å². The standard InChI is InChI=1S/C11H12ClN3OS/c12-8-1-2-9-11(15-17-14-9)10(8)13-5-7-3-4-16-6-7/h1-2,7,13H,3-6H2. The highest BCUT2D eigenvalue weighted by molar-refractivity contribution is 7.00. The summed E-state index contributed by atoms with van der Waals surface area (Å²) in [5.41, 5.74) is 2.65. The number of anilines is 1. The second-order valence-corrected chi connectivity index (χ2v) is 5.10. The van der Waals surface area contributed by atoms with Crippen molar-refractivity contribution in [2.24, 2.45) is 5.92 Å². The fourth-order valence-electron chi connectivity index (χ4n) is 1.99. The van der Waals surface area contributed by atoms with Gasteiger partial charge in [-0.2, -0.15) is 8.75 Å². The van der Waals surface area contributed by atoms with Gasteiger partial charge in [0, 0.05) is 19.1 Å². The van der Waals surface area contributed by atoms with E-state index in [1.54, 1.807) is 0 Å². The molecule has 0 spiro atoms. The molecule has 6 heteroatoms. The number of nitrogens with zero attached hydrogens (tertiary/aromatic N) is 2. The lowest BCUT2D eigenvalue weighted by atomic mass is 10.1. The van der Waals surface area contributed by atoms with Crippen molar-refractivity contribution in [1.82, 2.24) is 8.75 Å². The maximum Gasteiger partial charge on any atom is 0.129 e. The molecule has 0 bridgehead atoms. The lowest BCUT2D eigenvalue weighted by Crippen LogP contribution is -2.14. The highest BCUT2D eigenvalue weighted by Crippen LogP contribution is 2.30. The Morgan fingerprint density at radius 1 is 1.47 bits per heavy atom. The van der Waals surface area contributed by atoms with E-state index in [1.165, 1.54) is 11.7 Å². The molecule has 0 aliphatic carbocycles. The van der Waals surface area contributed by atoms with Crippen LogP contribution in [-0.2, 0) is 4.74 Å². The highest BCUT2D eigenvalue weighted by Gasteiger charge is 2.17. The molecule has 17 heavy (non-hydrogen) atoms.